The smallest absolute Gasteiger partial charge is 0.268 e. The van der Waals surface area contributed by atoms with E-state index in [0.29, 0.717) is 10.7 Å². The molecule has 106 valence electrons. The van der Waals surface area contributed by atoms with Crippen LogP contribution >= 0.6 is 11.6 Å². The third-order valence-corrected chi connectivity index (χ3v) is 3.39. The molecule has 0 aliphatic rings. The average Bonchev–Trinajstić information content (AvgIpc) is 2.76. The van der Waals surface area contributed by atoms with Gasteiger partial charge in [0, 0.05) is 10.7 Å². The van der Waals surface area contributed by atoms with E-state index in [1.165, 1.54) is 0 Å². The number of hydrogen-bond acceptors (Lipinski definition) is 2. The lowest BCUT2D eigenvalue weighted by Gasteiger charge is -2.16. The van der Waals surface area contributed by atoms with Crippen LogP contribution in [-0.2, 0) is 0 Å². The van der Waals surface area contributed by atoms with Crippen molar-refractivity contribution in [2.24, 2.45) is 0 Å². The molecule has 0 aliphatic heterocycles. The first-order chi connectivity index (χ1) is 9.51. The summed E-state index contributed by atoms with van der Waals surface area (Å²) in [4.78, 5) is 15.2. The molecule has 0 saturated heterocycles. The lowest BCUT2D eigenvalue weighted by molar-refractivity contribution is 0.0911. The Balaban J connectivity index is 2.16. The highest BCUT2D eigenvalue weighted by Gasteiger charge is 2.17. The van der Waals surface area contributed by atoms with Crippen molar-refractivity contribution in [2.75, 3.05) is 6.61 Å². The second-order valence-corrected chi connectivity index (χ2v) is 5.21. The van der Waals surface area contributed by atoms with E-state index < -0.39 is 6.04 Å². The lowest BCUT2D eigenvalue weighted by atomic mass is 10.1. The molecule has 20 heavy (non-hydrogen) atoms. The van der Waals surface area contributed by atoms with E-state index in [1.807, 2.05) is 19.9 Å². The van der Waals surface area contributed by atoms with Gasteiger partial charge in [0.1, 0.15) is 5.69 Å². The van der Waals surface area contributed by atoms with Gasteiger partial charge in [0.15, 0.2) is 0 Å². The molecule has 3 N–H and O–H groups in total. The van der Waals surface area contributed by atoms with Gasteiger partial charge in [0.2, 0.25) is 0 Å². The number of aromatic amines is 1. The minimum Gasteiger partial charge on any atom is -0.394 e. The Morgan fingerprint density at radius 1 is 1.35 bits per heavy atom. The Morgan fingerprint density at radius 3 is 2.50 bits per heavy atom. The Bertz CT molecular complexity index is 605. The quantitative estimate of drug-likeness (QED) is 0.811. The van der Waals surface area contributed by atoms with Gasteiger partial charge < -0.3 is 15.4 Å². The number of aryl methyl sites for hydroxylation is 2. The Morgan fingerprint density at radius 2 is 2.00 bits per heavy atom. The van der Waals surface area contributed by atoms with Gasteiger partial charge in [-0.3, -0.25) is 4.79 Å². The Labute approximate surface area is 122 Å². The topological polar surface area (TPSA) is 65.1 Å². The molecule has 4 nitrogen and oxygen atoms in total. The fourth-order valence-corrected chi connectivity index (χ4v) is 2.25. The highest BCUT2D eigenvalue weighted by molar-refractivity contribution is 6.30. The SMILES string of the molecule is Cc1cc(C)c(C(=O)NC(CO)c2ccc(Cl)cc2)[nH]1. The molecule has 1 aromatic carbocycles. The number of aromatic nitrogens is 1. The number of amides is 1. The highest BCUT2D eigenvalue weighted by atomic mass is 35.5. The van der Waals surface area contributed by atoms with E-state index in [9.17, 15) is 9.90 Å². The van der Waals surface area contributed by atoms with Crippen molar-refractivity contribution in [2.45, 2.75) is 19.9 Å². The number of benzene rings is 1. The second kappa shape index (κ2) is 6.11. The third kappa shape index (κ3) is 3.21. The van der Waals surface area contributed by atoms with Crippen molar-refractivity contribution in [3.63, 3.8) is 0 Å². The number of nitrogens with one attached hydrogen (secondary N) is 2. The van der Waals surface area contributed by atoms with Crippen molar-refractivity contribution < 1.29 is 9.90 Å². The minimum absolute atomic E-state index is 0.174. The van der Waals surface area contributed by atoms with E-state index >= 15 is 0 Å². The van der Waals surface area contributed by atoms with Gasteiger partial charge in [-0.05, 0) is 43.2 Å². The minimum atomic E-state index is -0.456. The molecule has 0 fully saturated rings. The van der Waals surface area contributed by atoms with Crippen LogP contribution in [0.2, 0.25) is 5.02 Å². The van der Waals surface area contributed by atoms with E-state index in [1.54, 1.807) is 24.3 Å². The van der Waals surface area contributed by atoms with E-state index in [2.05, 4.69) is 10.3 Å². The maximum atomic E-state index is 12.2. The van der Waals surface area contributed by atoms with E-state index in [0.717, 1.165) is 16.8 Å². The highest BCUT2D eigenvalue weighted by Crippen LogP contribution is 2.17. The molecule has 0 saturated carbocycles. The van der Waals surface area contributed by atoms with Crippen molar-refractivity contribution >= 4 is 17.5 Å². The average molecular weight is 293 g/mol. The number of hydrogen-bond donors (Lipinski definition) is 3. The fourth-order valence-electron chi connectivity index (χ4n) is 2.12. The molecular weight excluding hydrogens is 276 g/mol. The summed E-state index contributed by atoms with van der Waals surface area (Å²) in [5.41, 5.74) is 3.15. The molecule has 0 aliphatic carbocycles. The van der Waals surface area contributed by atoms with Crippen LogP contribution in [0.1, 0.15) is 33.4 Å². The van der Waals surface area contributed by atoms with E-state index in [4.69, 9.17) is 11.6 Å². The maximum absolute atomic E-state index is 12.2. The normalized spacial score (nSPS) is 12.2. The van der Waals surface area contributed by atoms with Crippen LogP contribution in [0.15, 0.2) is 30.3 Å². The van der Waals surface area contributed by atoms with Gasteiger partial charge in [-0.2, -0.15) is 0 Å². The van der Waals surface area contributed by atoms with Crippen LogP contribution in [0.3, 0.4) is 0 Å². The largest absolute Gasteiger partial charge is 0.394 e. The summed E-state index contributed by atoms with van der Waals surface area (Å²) < 4.78 is 0. The fraction of sp³-hybridized carbons (Fsp3) is 0.267. The van der Waals surface area contributed by atoms with Crippen LogP contribution in [0.25, 0.3) is 0 Å². The van der Waals surface area contributed by atoms with Crippen LogP contribution in [-0.4, -0.2) is 22.6 Å². The first-order valence-corrected chi connectivity index (χ1v) is 6.72. The number of rotatable bonds is 4. The molecule has 1 atom stereocenters. The van der Waals surface area contributed by atoms with Gasteiger partial charge in [-0.1, -0.05) is 23.7 Å². The predicted octanol–water partition coefficient (Wildman–Crippen LogP) is 2.75. The second-order valence-electron chi connectivity index (χ2n) is 4.77. The molecule has 2 rings (SSSR count). The van der Waals surface area contributed by atoms with Crippen molar-refractivity contribution in [3.8, 4) is 0 Å². The maximum Gasteiger partial charge on any atom is 0.268 e. The zero-order valence-electron chi connectivity index (χ0n) is 11.4. The molecule has 1 amide bonds. The van der Waals surface area contributed by atoms with Gasteiger partial charge in [0.25, 0.3) is 5.91 Å². The molecule has 0 spiro atoms. The van der Waals surface area contributed by atoms with Gasteiger partial charge in [-0.15, -0.1) is 0 Å². The molecule has 2 aromatic rings. The summed E-state index contributed by atoms with van der Waals surface area (Å²) in [5.74, 6) is -0.232. The summed E-state index contributed by atoms with van der Waals surface area (Å²) in [6.07, 6.45) is 0. The number of aliphatic hydroxyl groups is 1. The van der Waals surface area contributed by atoms with Crippen LogP contribution in [0.5, 0.6) is 0 Å². The molecule has 1 aromatic heterocycles. The Hall–Kier alpha value is -1.78. The number of halogens is 1. The molecular formula is C15H17ClN2O2. The zero-order chi connectivity index (χ0) is 14.7. The predicted molar refractivity (Wildman–Crippen MR) is 79.0 cm³/mol. The molecule has 1 unspecified atom stereocenters. The zero-order valence-corrected chi connectivity index (χ0v) is 12.2. The molecule has 1 heterocycles. The summed E-state index contributed by atoms with van der Waals surface area (Å²) >= 11 is 5.83. The van der Waals surface area contributed by atoms with Gasteiger partial charge in [0.05, 0.1) is 12.6 Å². The summed E-state index contributed by atoms with van der Waals surface area (Å²) in [7, 11) is 0. The van der Waals surface area contributed by atoms with Crippen LogP contribution < -0.4 is 5.32 Å². The number of H-pyrrole nitrogens is 1. The van der Waals surface area contributed by atoms with Gasteiger partial charge >= 0.3 is 0 Å². The van der Waals surface area contributed by atoms with Crippen molar-refractivity contribution in [1.29, 1.82) is 0 Å². The molecule has 5 heteroatoms. The van der Waals surface area contributed by atoms with Crippen molar-refractivity contribution in [1.82, 2.24) is 10.3 Å². The standard InChI is InChI=1S/C15H17ClN2O2/c1-9-7-10(2)17-14(9)15(20)18-13(8-19)11-3-5-12(16)6-4-11/h3-7,13,17,19H,8H2,1-2H3,(H,18,20). The summed E-state index contributed by atoms with van der Waals surface area (Å²) in [6, 6.07) is 8.49. The molecule has 0 radical (unpaired) electrons. The summed E-state index contributed by atoms with van der Waals surface area (Å²) in [5, 5.41) is 12.9. The van der Waals surface area contributed by atoms with Gasteiger partial charge in [-0.25, -0.2) is 0 Å². The lowest BCUT2D eigenvalue weighted by Crippen LogP contribution is -2.31. The number of aliphatic hydroxyl groups excluding tert-OH is 1. The third-order valence-electron chi connectivity index (χ3n) is 3.14. The van der Waals surface area contributed by atoms with Crippen molar-refractivity contribution in [3.05, 3.63) is 57.9 Å². The van der Waals surface area contributed by atoms with Crippen LogP contribution in [0.4, 0.5) is 0 Å². The van der Waals surface area contributed by atoms with E-state index in [-0.39, 0.29) is 12.5 Å². The number of carbonyl (C=O) groups is 1. The van der Waals surface area contributed by atoms with Crippen LogP contribution in [0, 0.1) is 13.8 Å². The first-order valence-electron chi connectivity index (χ1n) is 6.34. The summed E-state index contributed by atoms with van der Waals surface area (Å²) in [6.45, 7) is 3.59. The molecule has 0 bridgehead atoms. The number of carbonyl (C=O) groups excluding carboxylic acids is 1. The monoisotopic (exact) mass is 292 g/mol. The Kier molecular flexibility index (Phi) is 4.47. The first kappa shape index (κ1) is 14.6.